The van der Waals surface area contributed by atoms with E-state index < -0.39 is 5.60 Å². The molecular weight excluding hydrogens is 311 g/mol. The Kier molecular flexibility index (Phi) is 6.57. The average molecular weight is 338 g/mol. The molecule has 134 valence electrons. The maximum Gasteiger partial charge on any atom is 0.315 e. The minimum absolute atomic E-state index is 0.0696. The van der Waals surface area contributed by atoms with E-state index in [0.29, 0.717) is 32.5 Å². The van der Waals surface area contributed by atoms with Crippen molar-refractivity contribution in [1.82, 2.24) is 10.6 Å². The van der Waals surface area contributed by atoms with Gasteiger partial charge in [0.25, 0.3) is 0 Å². The summed E-state index contributed by atoms with van der Waals surface area (Å²) in [6.45, 7) is 5.29. The summed E-state index contributed by atoms with van der Waals surface area (Å²) in [6.07, 6.45) is 1.68. The predicted molar refractivity (Wildman–Crippen MR) is 90.3 cm³/mol. The van der Waals surface area contributed by atoms with Gasteiger partial charge in [-0.15, -0.1) is 0 Å². The second-order valence-electron chi connectivity index (χ2n) is 6.84. The number of benzene rings is 1. The van der Waals surface area contributed by atoms with Crippen LogP contribution in [0, 0.1) is 11.7 Å². The molecule has 1 aromatic carbocycles. The molecular formula is C18H27FN2O3. The van der Waals surface area contributed by atoms with Gasteiger partial charge in [-0.05, 0) is 30.0 Å². The first-order chi connectivity index (χ1) is 11.4. The highest BCUT2D eigenvalue weighted by Gasteiger charge is 2.30. The van der Waals surface area contributed by atoms with Crippen LogP contribution in [0.4, 0.5) is 9.18 Å². The number of hydrogen-bond donors (Lipinski definition) is 3. The highest BCUT2D eigenvalue weighted by atomic mass is 19.1. The molecule has 0 bridgehead atoms. The summed E-state index contributed by atoms with van der Waals surface area (Å²) in [7, 11) is 0. The van der Waals surface area contributed by atoms with Gasteiger partial charge in [0.1, 0.15) is 5.82 Å². The van der Waals surface area contributed by atoms with Crippen molar-refractivity contribution in [3.05, 3.63) is 35.6 Å². The summed E-state index contributed by atoms with van der Waals surface area (Å²) in [4.78, 5) is 12.2. The molecule has 5 nitrogen and oxygen atoms in total. The third kappa shape index (κ3) is 5.76. The molecule has 0 unspecified atom stereocenters. The maximum absolute atomic E-state index is 13.0. The van der Waals surface area contributed by atoms with Gasteiger partial charge in [-0.3, -0.25) is 0 Å². The largest absolute Gasteiger partial charge is 0.388 e. The van der Waals surface area contributed by atoms with Gasteiger partial charge < -0.3 is 20.5 Å². The smallest absolute Gasteiger partial charge is 0.315 e. The Morgan fingerprint density at radius 3 is 2.50 bits per heavy atom. The number of ether oxygens (including phenoxy) is 1. The lowest BCUT2D eigenvalue weighted by molar-refractivity contribution is -0.0600. The monoisotopic (exact) mass is 338 g/mol. The zero-order chi connectivity index (χ0) is 17.6. The molecule has 3 N–H and O–H groups in total. The Labute approximate surface area is 142 Å². The van der Waals surface area contributed by atoms with Gasteiger partial charge in [0, 0.05) is 38.6 Å². The molecule has 0 radical (unpaired) electrons. The Morgan fingerprint density at radius 1 is 1.29 bits per heavy atom. The number of carbonyl (C=O) groups excluding carboxylic acids is 1. The number of rotatable bonds is 6. The number of halogens is 1. The van der Waals surface area contributed by atoms with E-state index in [1.54, 1.807) is 12.1 Å². The molecule has 24 heavy (non-hydrogen) atoms. The van der Waals surface area contributed by atoms with Gasteiger partial charge >= 0.3 is 6.03 Å². The molecule has 1 saturated heterocycles. The van der Waals surface area contributed by atoms with Crippen LogP contribution in [0.1, 0.15) is 32.3 Å². The summed E-state index contributed by atoms with van der Waals surface area (Å²) in [5.74, 6) is -0.0396. The molecule has 1 heterocycles. The van der Waals surface area contributed by atoms with Gasteiger partial charge in [-0.25, -0.2) is 9.18 Å². The van der Waals surface area contributed by atoms with Crippen molar-refractivity contribution in [1.29, 1.82) is 0 Å². The molecule has 0 saturated carbocycles. The maximum atomic E-state index is 13.0. The van der Waals surface area contributed by atoms with Crippen LogP contribution in [0.15, 0.2) is 24.3 Å². The second kappa shape index (κ2) is 8.44. The van der Waals surface area contributed by atoms with E-state index in [4.69, 9.17) is 4.74 Å². The first-order valence-corrected chi connectivity index (χ1v) is 8.47. The third-order valence-corrected chi connectivity index (χ3v) is 4.49. The van der Waals surface area contributed by atoms with E-state index in [0.717, 1.165) is 5.56 Å². The molecule has 1 aromatic rings. The van der Waals surface area contributed by atoms with Crippen molar-refractivity contribution in [2.24, 2.45) is 5.92 Å². The number of urea groups is 1. The van der Waals surface area contributed by atoms with Crippen molar-refractivity contribution in [2.45, 2.75) is 44.8 Å². The Morgan fingerprint density at radius 2 is 1.92 bits per heavy atom. The summed E-state index contributed by atoms with van der Waals surface area (Å²) < 4.78 is 18.2. The third-order valence-electron chi connectivity index (χ3n) is 4.49. The highest BCUT2D eigenvalue weighted by Crippen LogP contribution is 2.19. The fraction of sp³-hybridized carbons (Fsp3) is 0.611. The lowest BCUT2D eigenvalue weighted by Crippen LogP contribution is -2.51. The summed E-state index contributed by atoms with van der Waals surface area (Å²) in [6, 6.07) is 5.95. The topological polar surface area (TPSA) is 70.6 Å². The average Bonchev–Trinajstić information content (AvgIpc) is 2.55. The normalized spacial score (nSPS) is 18.2. The summed E-state index contributed by atoms with van der Waals surface area (Å²) in [5.41, 5.74) is 0.0818. The van der Waals surface area contributed by atoms with Crippen LogP contribution in [0.2, 0.25) is 0 Å². The molecule has 2 amide bonds. The second-order valence-corrected chi connectivity index (χ2v) is 6.84. The molecule has 1 fully saturated rings. The molecule has 0 aromatic heterocycles. The lowest BCUT2D eigenvalue weighted by Gasteiger charge is -2.32. The van der Waals surface area contributed by atoms with Gasteiger partial charge in [0.05, 0.1) is 5.60 Å². The highest BCUT2D eigenvalue weighted by molar-refractivity contribution is 5.74. The number of nitrogens with one attached hydrogen (secondary N) is 2. The van der Waals surface area contributed by atoms with Crippen molar-refractivity contribution in [3.63, 3.8) is 0 Å². The first-order valence-electron chi connectivity index (χ1n) is 8.47. The summed E-state index contributed by atoms with van der Waals surface area (Å²) >= 11 is 0. The van der Waals surface area contributed by atoms with Crippen LogP contribution in [0.25, 0.3) is 0 Å². The van der Waals surface area contributed by atoms with E-state index in [-0.39, 0.29) is 30.4 Å². The van der Waals surface area contributed by atoms with Gasteiger partial charge in [0.2, 0.25) is 0 Å². The number of hydrogen-bond acceptors (Lipinski definition) is 3. The van der Waals surface area contributed by atoms with E-state index in [1.807, 2.05) is 13.8 Å². The van der Waals surface area contributed by atoms with Crippen LogP contribution in [0.3, 0.4) is 0 Å². The number of amides is 2. The van der Waals surface area contributed by atoms with Crippen LogP contribution < -0.4 is 10.6 Å². The Balaban J connectivity index is 1.85. The van der Waals surface area contributed by atoms with Crippen molar-refractivity contribution < 1.29 is 19.0 Å². The molecule has 0 spiro atoms. The van der Waals surface area contributed by atoms with Gasteiger partial charge in [-0.2, -0.15) is 0 Å². The molecule has 1 aliphatic heterocycles. The molecule has 6 heteroatoms. The molecule has 0 aliphatic carbocycles. The van der Waals surface area contributed by atoms with Crippen molar-refractivity contribution in [2.75, 3.05) is 19.8 Å². The fourth-order valence-corrected chi connectivity index (χ4v) is 2.72. The minimum atomic E-state index is -0.889. The first kappa shape index (κ1) is 18.7. The Hall–Kier alpha value is -1.66. The fourth-order valence-electron chi connectivity index (χ4n) is 2.72. The Bertz CT molecular complexity index is 528. The van der Waals surface area contributed by atoms with Crippen LogP contribution in [0.5, 0.6) is 0 Å². The van der Waals surface area contributed by atoms with E-state index in [2.05, 4.69) is 10.6 Å². The molecule has 1 atom stereocenters. The quantitative estimate of drug-likeness (QED) is 0.745. The van der Waals surface area contributed by atoms with Crippen molar-refractivity contribution in [3.8, 4) is 0 Å². The molecule has 1 aliphatic rings. The van der Waals surface area contributed by atoms with E-state index >= 15 is 0 Å². The number of aliphatic hydroxyl groups is 1. The zero-order valence-corrected chi connectivity index (χ0v) is 14.3. The SMILES string of the molecule is CC(C)[C@H](Cc1ccc(F)cc1)NC(=O)NCC1(O)CCOCC1. The lowest BCUT2D eigenvalue weighted by atomic mass is 9.94. The standard InChI is InChI=1S/C18H27FN2O3/c1-13(2)16(11-14-3-5-15(19)6-4-14)21-17(22)20-12-18(23)7-9-24-10-8-18/h3-6,13,16,23H,7-12H2,1-2H3,(H2,20,21,22)/t16-/m0/s1. The van der Waals surface area contributed by atoms with Gasteiger partial charge in [0.15, 0.2) is 0 Å². The van der Waals surface area contributed by atoms with E-state index in [1.165, 1.54) is 12.1 Å². The minimum Gasteiger partial charge on any atom is -0.388 e. The van der Waals surface area contributed by atoms with Crippen molar-refractivity contribution >= 4 is 6.03 Å². The number of carbonyl (C=O) groups is 1. The molecule has 2 rings (SSSR count). The van der Waals surface area contributed by atoms with Crippen LogP contribution in [-0.4, -0.2) is 42.5 Å². The van der Waals surface area contributed by atoms with Crippen LogP contribution >= 0.6 is 0 Å². The van der Waals surface area contributed by atoms with E-state index in [9.17, 15) is 14.3 Å². The summed E-state index contributed by atoms with van der Waals surface area (Å²) in [5, 5.41) is 16.1. The van der Waals surface area contributed by atoms with Crippen LogP contribution in [-0.2, 0) is 11.2 Å². The predicted octanol–water partition coefficient (Wildman–Crippen LogP) is 2.23. The zero-order valence-electron chi connectivity index (χ0n) is 14.3. The van der Waals surface area contributed by atoms with Gasteiger partial charge in [-0.1, -0.05) is 26.0 Å².